The van der Waals surface area contributed by atoms with Crippen molar-refractivity contribution in [3.05, 3.63) is 77.0 Å². The van der Waals surface area contributed by atoms with E-state index in [0.29, 0.717) is 23.6 Å². The number of halogens is 1. The lowest BCUT2D eigenvalue weighted by Gasteiger charge is -2.25. The minimum Gasteiger partial charge on any atom is -0.505 e. The van der Waals surface area contributed by atoms with Crippen LogP contribution < -0.4 is 4.90 Å². The van der Waals surface area contributed by atoms with Gasteiger partial charge >= 0.3 is 0 Å². The van der Waals surface area contributed by atoms with Crippen LogP contribution in [0.15, 0.2) is 54.2 Å². The smallest absolute Gasteiger partial charge is 0.295 e. The van der Waals surface area contributed by atoms with Crippen LogP contribution in [0.25, 0.3) is 11.4 Å². The van der Waals surface area contributed by atoms with Gasteiger partial charge in [0.05, 0.1) is 44.5 Å². The third kappa shape index (κ3) is 3.48. The summed E-state index contributed by atoms with van der Waals surface area (Å²) in [6.45, 7) is 2.52. The number of likely N-dealkylation sites (tertiary alicyclic amines) is 1. The zero-order chi connectivity index (χ0) is 22.3. The molecule has 4 rings (SSSR count). The second-order valence-corrected chi connectivity index (χ2v) is 7.95. The lowest BCUT2D eigenvalue weighted by Crippen LogP contribution is -3.06. The number of aryl methyl sites for hydroxylation is 1. The van der Waals surface area contributed by atoms with Gasteiger partial charge in [-0.25, -0.2) is 9.37 Å². The molecule has 1 fully saturated rings. The number of hydrogen-bond acceptors (Lipinski definition) is 4. The van der Waals surface area contributed by atoms with Crippen LogP contribution in [0.5, 0.6) is 0 Å². The van der Waals surface area contributed by atoms with Crippen molar-refractivity contribution in [2.45, 2.75) is 13.0 Å². The molecule has 7 nitrogen and oxygen atoms in total. The summed E-state index contributed by atoms with van der Waals surface area (Å²) in [5, 5.41) is 11.3. The molecule has 0 aliphatic carbocycles. The number of benzene rings is 1. The Hall–Kier alpha value is -3.52. The predicted molar refractivity (Wildman–Crippen MR) is 113 cm³/mol. The summed E-state index contributed by atoms with van der Waals surface area (Å²) < 4.78 is 16.5. The molecule has 0 radical (unpaired) electrons. The number of rotatable bonds is 5. The molecule has 1 atom stereocenters. The Bertz CT molecular complexity index is 1210. The molecule has 160 valence electrons. The monoisotopic (exact) mass is 423 g/mol. The summed E-state index contributed by atoms with van der Waals surface area (Å²) in [6.07, 6.45) is 1.72. The van der Waals surface area contributed by atoms with Crippen LogP contribution in [0.2, 0.25) is 0 Å². The summed E-state index contributed by atoms with van der Waals surface area (Å²) in [5.74, 6) is -2.48. The highest BCUT2D eigenvalue weighted by molar-refractivity contribution is 6.46. The molecule has 1 aliphatic heterocycles. The van der Waals surface area contributed by atoms with E-state index in [1.165, 1.54) is 17.0 Å². The lowest BCUT2D eigenvalue weighted by molar-refractivity contribution is -0.857. The number of nitrogens with one attached hydrogen (secondary N) is 1. The van der Waals surface area contributed by atoms with Crippen molar-refractivity contribution in [2.24, 2.45) is 0 Å². The average molecular weight is 423 g/mol. The molecule has 0 bridgehead atoms. The zero-order valence-corrected chi connectivity index (χ0v) is 17.6. The number of fused-ring (bicyclic) bond motifs is 1. The second-order valence-electron chi connectivity index (χ2n) is 7.95. The number of aromatic nitrogens is 2. The van der Waals surface area contributed by atoms with Crippen LogP contribution in [0.4, 0.5) is 4.39 Å². The molecule has 0 unspecified atom stereocenters. The molecular formula is C23H24FN4O3+. The predicted octanol–water partition coefficient (Wildman–Crippen LogP) is 1.35. The van der Waals surface area contributed by atoms with E-state index in [-0.39, 0.29) is 23.4 Å². The number of quaternary nitrogens is 1. The van der Waals surface area contributed by atoms with Gasteiger partial charge in [0, 0.05) is 11.8 Å². The zero-order valence-electron chi connectivity index (χ0n) is 17.6. The molecule has 3 aromatic rings. The van der Waals surface area contributed by atoms with Gasteiger partial charge in [0.25, 0.3) is 11.7 Å². The number of amides is 1. The standard InChI is InChI=1S/C23H23FN4O3/c1-14-19(27-11-7-6-10-17(27)25-14)21(29)18-20(15-8-4-5-9-16(15)24)28(13-12-26(2)3)23(31)22(18)30/h4-11,20,29H,12-13H2,1-3H3/p+1/b21-18+/t20-/m0/s1. The van der Waals surface area contributed by atoms with Gasteiger partial charge < -0.3 is 14.9 Å². The van der Waals surface area contributed by atoms with Crippen LogP contribution in [-0.2, 0) is 9.59 Å². The van der Waals surface area contributed by atoms with E-state index in [0.717, 1.165) is 4.90 Å². The topological polar surface area (TPSA) is 79.3 Å². The summed E-state index contributed by atoms with van der Waals surface area (Å²) in [4.78, 5) is 32.8. The Morgan fingerprint density at radius 3 is 2.58 bits per heavy atom. The van der Waals surface area contributed by atoms with Crippen molar-refractivity contribution in [1.82, 2.24) is 14.3 Å². The summed E-state index contributed by atoms with van der Waals surface area (Å²) in [5.41, 5.74) is 1.45. The number of nitrogens with zero attached hydrogens (tertiary/aromatic N) is 3. The SMILES string of the molecule is Cc1nc2ccccn2c1/C(O)=C1\C(=O)C(=O)N(CC[NH+](C)C)[C@H]1c1ccccc1F. The van der Waals surface area contributed by atoms with E-state index in [1.807, 2.05) is 20.2 Å². The van der Waals surface area contributed by atoms with Crippen LogP contribution in [0, 0.1) is 12.7 Å². The van der Waals surface area contributed by atoms with Gasteiger partial charge in [-0.3, -0.25) is 14.0 Å². The van der Waals surface area contributed by atoms with Crippen molar-refractivity contribution in [1.29, 1.82) is 0 Å². The fourth-order valence-electron chi connectivity index (χ4n) is 4.00. The Morgan fingerprint density at radius 1 is 1.16 bits per heavy atom. The Kier molecular flexibility index (Phi) is 5.32. The second kappa shape index (κ2) is 7.96. The van der Waals surface area contributed by atoms with Crippen LogP contribution in [-0.4, -0.2) is 58.3 Å². The summed E-state index contributed by atoms with van der Waals surface area (Å²) >= 11 is 0. The van der Waals surface area contributed by atoms with Gasteiger partial charge in [0.15, 0.2) is 5.76 Å². The molecule has 0 spiro atoms. The first-order valence-electron chi connectivity index (χ1n) is 10.1. The summed E-state index contributed by atoms with van der Waals surface area (Å²) in [6, 6.07) is 10.4. The van der Waals surface area contributed by atoms with Gasteiger partial charge in [0.1, 0.15) is 17.2 Å². The maximum Gasteiger partial charge on any atom is 0.295 e. The fraction of sp³-hybridized carbons (Fsp3) is 0.261. The van der Waals surface area contributed by atoms with Crippen LogP contribution >= 0.6 is 0 Å². The Labute approximate surface area is 179 Å². The summed E-state index contributed by atoms with van der Waals surface area (Å²) in [7, 11) is 3.85. The highest BCUT2D eigenvalue weighted by atomic mass is 19.1. The molecule has 2 N–H and O–H groups in total. The van der Waals surface area contributed by atoms with E-state index >= 15 is 0 Å². The number of aliphatic hydroxyl groups excluding tert-OH is 1. The third-order valence-electron chi connectivity index (χ3n) is 5.52. The molecule has 8 heteroatoms. The number of hydrogen-bond donors (Lipinski definition) is 2. The maximum absolute atomic E-state index is 14.8. The number of carbonyl (C=O) groups excluding carboxylic acids is 2. The van der Waals surface area contributed by atoms with E-state index in [2.05, 4.69) is 4.98 Å². The lowest BCUT2D eigenvalue weighted by atomic mass is 9.96. The van der Waals surface area contributed by atoms with Gasteiger partial charge in [-0.1, -0.05) is 24.3 Å². The molecule has 2 aromatic heterocycles. The van der Waals surface area contributed by atoms with Gasteiger partial charge in [-0.05, 0) is 25.1 Å². The van der Waals surface area contributed by atoms with Crippen molar-refractivity contribution < 1.29 is 24.0 Å². The largest absolute Gasteiger partial charge is 0.505 e. The van der Waals surface area contributed by atoms with E-state index < -0.39 is 23.5 Å². The quantitative estimate of drug-likeness (QED) is 0.369. The van der Waals surface area contributed by atoms with Gasteiger partial charge in [0.2, 0.25) is 0 Å². The molecular weight excluding hydrogens is 399 g/mol. The van der Waals surface area contributed by atoms with E-state index in [9.17, 15) is 19.1 Å². The van der Waals surface area contributed by atoms with Crippen molar-refractivity contribution in [3.63, 3.8) is 0 Å². The average Bonchev–Trinajstić information content (AvgIpc) is 3.20. The van der Waals surface area contributed by atoms with Crippen molar-refractivity contribution >= 4 is 23.1 Å². The highest BCUT2D eigenvalue weighted by Crippen LogP contribution is 2.40. The first-order valence-corrected chi connectivity index (χ1v) is 10.1. The van der Waals surface area contributed by atoms with Gasteiger partial charge in [-0.15, -0.1) is 0 Å². The first kappa shape index (κ1) is 20.7. The van der Waals surface area contributed by atoms with E-state index in [1.54, 1.807) is 41.8 Å². The molecule has 3 heterocycles. The number of likely N-dealkylation sites (N-methyl/N-ethyl adjacent to an activating group) is 1. The van der Waals surface area contributed by atoms with Gasteiger partial charge in [-0.2, -0.15) is 0 Å². The molecule has 1 aromatic carbocycles. The van der Waals surface area contributed by atoms with Crippen molar-refractivity contribution in [3.8, 4) is 0 Å². The molecule has 1 saturated heterocycles. The number of pyridine rings is 1. The number of aliphatic hydroxyl groups is 1. The molecule has 1 amide bonds. The molecule has 31 heavy (non-hydrogen) atoms. The number of ketones is 1. The number of Topliss-reactive ketones (excluding diaryl/α,β-unsaturated/α-hetero) is 1. The van der Waals surface area contributed by atoms with Crippen molar-refractivity contribution in [2.75, 3.05) is 27.2 Å². The third-order valence-corrected chi connectivity index (χ3v) is 5.52. The Balaban J connectivity index is 1.95. The normalized spacial score (nSPS) is 18.5. The minimum absolute atomic E-state index is 0.127. The van der Waals surface area contributed by atoms with E-state index in [4.69, 9.17) is 0 Å². The van der Waals surface area contributed by atoms with Crippen LogP contribution in [0.1, 0.15) is 23.0 Å². The number of carbonyl (C=O) groups is 2. The molecule has 0 saturated carbocycles. The fourth-order valence-corrected chi connectivity index (χ4v) is 4.00. The highest BCUT2D eigenvalue weighted by Gasteiger charge is 2.47. The first-order chi connectivity index (χ1) is 14.8. The maximum atomic E-state index is 14.8. The molecule has 1 aliphatic rings. The minimum atomic E-state index is -1.02. The number of imidazole rings is 1. The Morgan fingerprint density at radius 2 is 1.87 bits per heavy atom. The van der Waals surface area contributed by atoms with Crippen LogP contribution in [0.3, 0.4) is 0 Å².